The molecule has 25 heavy (non-hydrogen) atoms. The summed E-state index contributed by atoms with van der Waals surface area (Å²) in [6.45, 7) is 10.1. The van der Waals surface area contributed by atoms with E-state index < -0.39 is 0 Å². The molecule has 2 aromatic carbocycles. The Kier molecular flexibility index (Phi) is 7.95. The molecule has 0 aliphatic carbocycles. The van der Waals surface area contributed by atoms with Gasteiger partial charge in [-0.05, 0) is 68.0 Å². The van der Waals surface area contributed by atoms with Crippen LogP contribution in [0.25, 0.3) is 0 Å². The minimum atomic E-state index is 0. The molecule has 1 atom stereocenters. The van der Waals surface area contributed by atoms with Crippen LogP contribution in [0.5, 0.6) is 0 Å². The van der Waals surface area contributed by atoms with Crippen molar-refractivity contribution in [1.82, 2.24) is 10.2 Å². The summed E-state index contributed by atoms with van der Waals surface area (Å²) in [7, 11) is 0. The fraction of sp³-hybridized carbons (Fsp3) is 0.455. The molecule has 2 nitrogen and oxygen atoms in total. The van der Waals surface area contributed by atoms with Crippen LogP contribution < -0.4 is 5.32 Å². The minimum absolute atomic E-state index is 0. The molecule has 0 amide bonds. The number of halogens is 1. The molecule has 1 fully saturated rings. The maximum atomic E-state index is 3.56. The predicted molar refractivity (Wildman–Crippen MR) is 109 cm³/mol. The Morgan fingerprint density at radius 3 is 1.96 bits per heavy atom. The van der Waals surface area contributed by atoms with E-state index in [0.29, 0.717) is 0 Å². The molecular weight excluding hydrogens is 328 g/mol. The monoisotopic (exact) mass is 358 g/mol. The van der Waals surface area contributed by atoms with Gasteiger partial charge in [-0.2, -0.15) is 0 Å². The first-order chi connectivity index (χ1) is 11.7. The third kappa shape index (κ3) is 5.85. The summed E-state index contributed by atoms with van der Waals surface area (Å²) in [6, 6.07) is 17.6. The average molecular weight is 359 g/mol. The first-order valence-electron chi connectivity index (χ1n) is 9.24. The zero-order valence-electron chi connectivity index (χ0n) is 15.5. The van der Waals surface area contributed by atoms with E-state index in [9.17, 15) is 0 Å². The Morgan fingerprint density at radius 1 is 0.920 bits per heavy atom. The van der Waals surface area contributed by atoms with Crippen molar-refractivity contribution in [2.45, 2.75) is 39.8 Å². The van der Waals surface area contributed by atoms with Crippen molar-refractivity contribution in [3.8, 4) is 0 Å². The number of nitrogens with one attached hydrogen (secondary N) is 1. The van der Waals surface area contributed by atoms with Crippen LogP contribution in [0.15, 0.2) is 48.5 Å². The van der Waals surface area contributed by atoms with Gasteiger partial charge in [-0.15, -0.1) is 12.4 Å². The van der Waals surface area contributed by atoms with E-state index in [4.69, 9.17) is 0 Å². The molecule has 3 heteroatoms. The molecule has 136 valence electrons. The van der Waals surface area contributed by atoms with E-state index >= 15 is 0 Å². The van der Waals surface area contributed by atoms with Crippen molar-refractivity contribution in [3.63, 3.8) is 0 Å². The number of hydrogen-bond acceptors (Lipinski definition) is 2. The van der Waals surface area contributed by atoms with Gasteiger partial charge in [0, 0.05) is 19.6 Å². The summed E-state index contributed by atoms with van der Waals surface area (Å²) in [5, 5.41) is 3.56. The lowest BCUT2D eigenvalue weighted by Crippen LogP contribution is -2.38. The van der Waals surface area contributed by atoms with Crippen LogP contribution in [-0.2, 0) is 13.1 Å². The van der Waals surface area contributed by atoms with E-state index in [1.807, 2.05) is 0 Å². The van der Waals surface area contributed by atoms with Gasteiger partial charge in [0.05, 0.1) is 0 Å². The number of hydrogen-bond donors (Lipinski definition) is 1. The summed E-state index contributed by atoms with van der Waals surface area (Å²) >= 11 is 0. The molecule has 3 rings (SSSR count). The smallest absolute Gasteiger partial charge is 0.0240 e. The molecule has 1 N–H and O–H groups in total. The van der Waals surface area contributed by atoms with Gasteiger partial charge in [0.25, 0.3) is 0 Å². The lowest BCUT2D eigenvalue weighted by atomic mass is 9.98. The largest absolute Gasteiger partial charge is 0.316 e. The van der Waals surface area contributed by atoms with Gasteiger partial charge in [0.15, 0.2) is 0 Å². The van der Waals surface area contributed by atoms with Crippen LogP contribution in [0.4, 0.5) is 0 Å². The minimum Gasteiger partial charge on any atom is -0.316 e. The van der Waals surface area contributed by atoms with Gasteiger partial charge in [-0.1, -0.05) is 48.5 Å². The highest BCUT2D eigenvalue weighted by Crippen LogP contribution is 2.19. The predicted octanol–water partition coefficient (Wildman–Crippen LogP) is 4.73. The second-order valence-electron chi connectivity index (χ2n) is 7.23. The zero-order chi connectivity index (χ0) is 16.8. The third-order valence-electron chi connectivity index (χ3n) is 5.23. The van der Waals surface area contributed by atoms with Gasteiger partial charge in [0.2, 0.25) is 0 Å². The fourth-order valence-electron chi connectivity index (χ4n) is 3.69. The van der Waals surface area contributed by atoms with Crippen LogP contribution in [-0.4, -0.2) is 24.5 Å². The highest BCUT2D eigenvalue weighted by Gasteiger charge is 2.18. The van der Waals surface area contributed by atoms with Gasteiger partial charge < -0.3 is 5.32 Å². The van der Waals surface area contributed by atoms with Gasteiger partial charge >= 0.3 is 0 Å². The summed E-state index contributed by atoms with van der Waals surface area (Å²) in [5.74, 6) is 0.770. The van der Waals surface area contributed by atoms with Gasteiger partial charge in [-0.3, -0.25) is 4.90 Å². The molecule has 0 aromatic heterocycles. The van der Waals surface area contributed by atoms with E-state index in [2.05, 4.69) is 72.6 Å². The van der Waals surface area contributed by atoms with Crippen LogP contribution in [0.2, 0.25) is 0 Å². The topological polar surface area (TPSA) is 15.3 Å². The fourth-order valence-corrected chi connectivity index (χ4v) is 3.69. The van der Waals surface area contributed by atoms with Crippen molar-refractivity contribution >= 4 is 12.4 Å². The van der Waals surface area contributed by atoms with E-state index in [0.717, 1.165) is 25.6 Å². The van der Waals surface area contributed by atoms with Crippen LogP contribution >= 0.6 is 12.4 Å². The maximum absolute atomic E-state index is 3.56. The molecular formula is C22H31ClN2. The number of nitrogens with zero attached hydrogens (tertiary/aromatic N) is 1. The third-order valence-corrected chi connectivity index (χ3v) is 5.23. The van der Waals surface area contributed by atoms with E-state index in [1.165, 1.54) is 48.2 Å². The van der Waals surface area contributed by atoms with Crippen LogP contribution in [0, 0.1) is 19.8 Å². The van der Waals surface area contributed by atoms with Crippen molar-refractivity contribution in [3.05, 3.63) is 70.8 Å². The molecule has 1 saturated heterocycles. The van der Waals surface area contributed by atoms with Crippen LogP contribution in [0.3, 0.4) is 0 Å². The van der Waals surface area contributed by atoms with Crippen molar-refractivity contribution in [2.24, 2.45) is 5.92 Å². The zero-order valence-corrected chi connectivity index (χ0v) is 16.3. The number of aryl methyl sites for hydroxylation is 2. The summed E-state index contributed by atoms with van der Waals surface area (Å²) in [4.78, 5) is 2.64. The highest BCUT2D eigenvalue weighted by atomic mass is 35.5. The standard InChI is InChI=1S/C22H30N2.ClH/c1-18-8-3-5-11-21(18)16-24(15-20-10-7-13-23-14-20)17-22-12-6-4-9-19(22)2;/h3-6,8-9,11-12,20,23H,7,10,13-17H2,1-2H3;1H. The van der Waals surface area contributed by atoms with Crippen molar-refractivity contribution < 1.29 is 0 Å². The average Bonchev–Trinajstić information content (AvgIpc) is 2.60. The summed E-state index contributed by atoms with van der Waals surface area (Å²) in [6.07, 6.45) is 2.66. The Morgan fingerprint density at radius 2 is 1.48 bits per heavy atom. The SMILES string of the molecule is Cc1ccccc1CN(Cc1ccccc1C)CC1CCCNC1.Cl. The first kappa shape index (κ1) is 20.0. The molecule has 0 saturated carbocycles. The van der Waals surface area contributed by atoms with Gasteiger partial charge in [-0.25, -0.2) is 0 Å². The number of rotatable bonds is 6. The highest BCUT2D eigenvalue weighted by molar-refractivity contribution is 5.85. The number of benzene rings is 2. The molecule has 1 aliphatic rings. The molecule has 1 unspecified atom stereocenters. The molecule has 0 radical (unpaired) electrons. The van der Waals surface area contributed by atoms with Crippen molar-refractivity contribution in [2.75, 3.05) is 19.6 Å². The van der Waals surface area contributed by atoms with Gasteiger partial charge in [0.1, 0.15) is 0 Å². The van der Waals surface area contributed by atoms with Crippen LogP contribution in [0.1, 0.15) is 35.1 Å². The Bertz CT molecular complexity index is 602. The molecule has 2 aromatic rings. The maximum Gasteiger partial charge on any atom is 0.0240 e. The second-order valence-corrected chi connectivity index (χ2v) is 7.23. The molecule has 1 heterocycles. The van der Waals surface area contributed by atoms with E-state index in [1.54, 1.807) is 0 Å². The summed E-state index contributed by atoms with van der Waals surface area (Å²) in [5.41, 5.74) is 5.70. The summed E-state index contributed by atoms with van der Waals surface area (Å²) < 4.78 is 0. The molecule has 0 spiro atoms. The molecule has 1 aliphatic heterocycles. The number of piperidine rings is 1. The lowest BCUT2D eigenvalue weighted by Gasteiger charge is -2.31. The quantitative estimate of drug-likeness (QED) is 0.803. The Balaban J connectivity index is 0.00000225. The molecule has 0 bridgehead atoms. The lowest BCUT2D eigenvalue weighted by molar-refractivity contribution is 0.193. The Labute approximate surface area is 159 Å². The Hall–Kier alpha value is -1.35. The van der Waals surface area contributed by atoms with Crippen molar-refractivity contribution in [1.29, 1.82) is 0 Å². The first-order valence-corrected chi connectivity index (χ1v) is 9.24. The van der Waals surface area contributed by atoms with E-state index in [-0.39, 0.29) is 12.4 Å². The second kappa shape index (κ2) is 9.96. The normalized spacial score (nSPS) is 17.3.